The number of ether oxygens (including phenoxy) is 2. The smallest absolute Gasteiger partial charge is 0.350 e. The molecule has 0 unspecified atom stereocenters. The highest BCUT2D eigenvalue weighted by Gasteiger charge is 2.19. The highest BCUT2D eigenvalue weighted by atomic mass is 32.2. The van der Waals surface area contributed by atoms with E-state index >= 15 is 0 Å². The first-order chi connectivity index (χ1) is 16.3. The van der Waals surface area contributed by atoms with Crippen LogP contribution in [0.1, 0.15) is 39.2 Å². The fourth-order valence-electron chi connectivity index (χ4n) is 3.07. The van der Waals surface area contributed by atoms with Crippen molar-refractivity contribution in [2.45, 2.75) is 46.0 Å². The van der Waals surface area contributed by atoms with E-state index in [0.29, 0.717) is 33.2 Å². The molecule has 0 saturated carbocycles. The van der Waals surface area contributed by atoms with E-state index < -0.39 is 5.97 Å². The highest BCUT2D eigenvalue weighted by Crippen LogP contribution is 2.25. The summed E-state index contributed by atoms with van der Waals surface area (Å²) in [5.41, 5.74) is 2.73. The van der Waals surface area contributed by atoms with Crippen LogP contribution >= 0.6 is 23.1 Å². The Morgan fingerprint density at radius 3 is 2.76 bits per heavy atom. The first kappa shape index (κ1) is 25.4. The van der Waals surface area contributed by atoms with Gasteiger partial charge >= 0.3 is 5.97 Å². The number of thiazole rings is 1. The predicted molar refractivity (Wildman–Crippen MR) is 133 cm³/mol. The van der Waals surface area contributed by atoms with E-state index in [1.807, 2.05) is 30.5 Å². The SMILES string of the molecule is C=CCn1c(COc2ccc(C)cc2C)nnc1SCC(=O)Nc1nc(C)c(C(=O)OCC)s1. The zero-order chi connectivity index (χ0) is 24.7. The molecule has 0 aliphatic carbocycles. The number of esters is 1. The highest BCUT2D eigenvalue weighted by molar-refractivity contribution is 7.99. The summed E-state index contributed by atoms with van der Waals surface area (Å²) in [4.78, 5) is 29.0. The van der Waals surface area contributed by atoms with Crippen LogP contribution in [0.15, 0.2) is 36.0 Å². The Labute approximate surface area is 206 Å². The second-order valence-electron chi connectivity index (χ2n) is 7.35. The summed E-state index contributed by atoms with van der Waals surface area (Å²) in [6, 6.07) is 5.99. The van der Waals surface area contributed by atoms with Gasteiger partial charge in [-0.15, -0.1) is 16.8 Å². The van der Waals surface area contributed by atoms with Crippen molar-refractivity contribution in [2.75, 3.05) is 17.7 Å². The lowest BCUT2D eigenvalue weighted by molar-refractivity contribution is -0.113. The minimum atomic E-state index is -0.444. The van der Waals surface area contributed by atoms with Gasteiger partial charge in [-0.25, -0.2) is 9.78 Å². The Hall–Kier alpha value is -3.18. The Morgan fingerprint density at radius 1 is 1.26 bits per heavy atom. The van der Waals surface area contributed by atoms with Crippen molar-refractivity contribution in [1.29, 1.82) is 0 Å². The largest absolute Gasteiger partial charge is 0.485 e. The summed E-state index contributed by atoms with van der Waals surface area (Å²) in [5, 5.41) is 12.1. The molecule has 0 saturated heterocycles. The van der Waals surface area contributed by atoms with Gasteiger partial charge in [0.2, 0.25) is 5.91 Å². The molecule has 0 fully saturated rings. The molecule has 3 aromatic rings. The minimum absolute atomic E-state index is 0.0978. The molecule has 1 aromatic carbocycles. The standard InChI is InChI=1S/C23H27N5O4S2/c1-6-10-28-18(12-32-17-9-8-14(3)11-15(17)4)26-27-23(28)33-13-19(29)25-22-24-16(5)20(34-22)21(30)31-7-2/h6,8-9,11H,1,7,10,12-13H2,2-5H3,(H,24,25,29). The number of aryl methyl sites for hydroxylation is 3. The number of thioether (sulfide) groups is 1. The van der Waals surface area contributed by atoms with E-state index in [1.165, 1.54) is 17.3 Å². The normalized spacial score (nSPS) is 10.7. The lowest BCUT2D eigenvalue weighted by atomic mass is 10.1. The quantitative estimate of drug-likeness (QED) is 0.235. The van der Waals surface area contributed by atoms with E-state index in [4.69, 9.17) is 9.47 Å². The van der Waals surface area contributed by atoms with Gasteiger partial charge in [-0.2, -0.15) is 0 Å². The van der Waals surface area contributed by atoms with Crippen LogP contribution in [0.5, 0.6) is 5.75 Å². The molecule has 1 N–H and O–H groups in total. The van der Waals surface area contributed by atoms with Gasteiger partial charge in [0, 0.05) is 6.54 Å². The van der Waals surface area contributed by atoms with Gasteiger partial charge in [0.05, 0.1) is 18.1 Å². The number of hydrogen-bond acceptors (Lipinski definition) is 9. The van der Waals surface area contributed by atoms with Crippen molar-refractivity contribution in [3.63, 3.8) is 0 Å². The lowest BCUT2D eigenvalue weighted by Gasteiger charge is -2.11. The molecule has 0 aliphatic rings. The maximum absolute atomic E-state index is 12.5. The van der Waals surface area contributed by atoms with E-state index in [0.717, 1.165) is 22.6 Å². The maximum Gasteiger partial charge on any atom is 0.350 e. The van der Waals surface area contributed by atoms with Crippen LogP contribution in [-0.4, -0.2) is 44.0 Å². The number of nitrogens with zero attached hydrogens (tertiary/aromatic N) is 4. The second kappa shape index (κ2) is 11.8. The summed E-state index contributed by atoms with van der Waals surface area (Å²) in [7, 11) is 0. The first-order valence-electron chi connectivity index (χ1n) is 10.6. The minimum Gasteiger partial charge on any atom is -0.485 e. The number of aromatic nitrogens is 4. The van der Waals surface area contributed by atoms with Crippen molar-refractivity contribution >= 4 is 40.1 Å². The number of benzene rings is 1. The summed E-state index contributed by atoms with van der Waals surface area (Å²) < 4.78 is 12.8. The molecule has 2 aromatic heterocycles. The molecule has 34 heavy (non-hydrogen) atoms. The van der Waals surface area contributed by atoms with E-state index in [9.17, 15) is 9.59 Å². The molecule has 0 bridgehead atoms. The van der Waals surface area contributed by atoms with Crippen molar-refractivity contribution in [1.82, 2.24) is 19.7 Å². The molecule has 180 valence electrons. The molecule has 0 spiro atoms. The molecule has 9 nitrogen and oxygen atoms in total. The molecule has 3 rings (SSSR count). The average molecular weight is 502 g/mol. The number of anilines is 1. The third-order valence-corrected chi connectivity index (χ3v) is 6.65. The number of rotatable bonds is 11. The van der Waals surface area contributed by atoms with Crippen LogP contribution in [0.4, 0.5) is 5.13 Å². The Morgan fingerprint density at radius 2 is 2.06 bits per heavy atom. The van der Waals surface area contributed by atoms with E-state index in [2.05, 4.69) is 33.1 Å². The van der Waals surface area contributed by atoms with Crippen LogP contribution in [0.25, 0.3) is 0 Å². The predicted octanol–water partition coefficient (Wildman–Crippen LogP) is 4.33. The summed E-state index contributed by atoms with van der Waals surface area (Å²) in [6.45, 7) is 12.3. The molecule has 0 atom stereocenters. The van der Waals surface area contributed by atoms with Crippen LogP contribution in [0.3, 0.4) is 0 Å². The number of allylic oxidation sites excluding steroid dienone is 1. The van der Waals surface area contributed by atoms with Crippen molar-refractivity contribution in [2.24, 2.45) is 0 Å². The summed E-state index contributed by atoms with van der Waals surface area (Å²) in [6.07, 6.45) is 1.74. The number of nitrogens with one attached hydrogen (secondary N) is 1. The third kappa shape index (κ3) is 6.45. The topological polar surface area (TPSA) is 108 Å². The zero-order valence-corrected chi connectivity index (χ0v) is 21.2. The van der Waals surface area contributed by atoms with Gasteiger partial charge in [0.15, 0.2) is 16.1 Å². The van der Waals surface area contributed by atoms with Gasteiger partial charge in [0.25, 0.3) is 0 Å². The van der Waals surface area contributed by atoms with Crippen molar-refractivity contribution in [3.8, 4) is 5.75 Å². The van der Waals surface area contributed by atoms with Crippen LogP contribution in [0.2, 0.25) is 0 Å². The Kier molecular flexibility index (Phi) is 8.83. The summed E-state index contributed by atoms with van der Waals surface area (Å²) in [5.74, 6) is 0.808. The number of hydrogen-bond donors (Lipinski definition) is 1. The van der Waals surface area contributed by atoms with Gasteiger partial charge in [0.1, 0.15) is 17.2 Å². The van der Waals surface area contributed by atoms with Crippen molar-refractivity contribution in [3.05, 3.63) is 58.4 Å². The Balaban J connectivity index is 1.61. The van der Waals surface area contributed by atoms with E-state index in [1.54, 1.807) is 19.9 Å². The third-order valence-electron chi connectivity index (χ3n) is 4.63. The molecule has 2 heterocycles. The van der Waals surface area contributed by atoms with Crippen molar-refractivity contribution < 1.29 is 19.1 Å². The second-order valence-corrected chi connectivity index (χ2v) is 9.29. The monoisotopic (exact) mass is 501 g/mol. The fraction of sp³-hybridized carbons (Fsp3) is 0.348. The summed E-state index contributed by atoms with van der Waals surface area (Å²) >= 11 is 2.34. The molecular formula is C23H27N5O4S2. The number of carbonyl (C=O) groups excluding carboxylic acids is 2. The van der Waals surface area contributed by atoms with Gasteiger partial charge in [-0.1, -0.05) is 46.9 Å². The molecule has 1 amide bonds. The Bertz CT molecular complexity index is 1190. The molecule has 11 heteroatoms. The zero-order valence-electron chi connectivity index (χ0n) is 19.6. The van der Waals surface area contributed by atoms with Crippen LogP contribution in [0, 0.1) is 20.8 Å². The van der Waals surface area contributed by atoms with Gasteiger partial charge < -0.3 is 14.8 Å². The van der Waals surface area contributed by atoms with Crippen LogP contribution in [-0.2, 0) is 22.7 Å². The van der Waals surface area contributed by atoms with Crippen LogP contribution < -0.4 is 10.1 Å². The average Bonchev–Trinajstić information content (AvgIpc) is 3.35. The fourth-order valence-corrected chi connectivity index (χ4v) is 4.71. The van der Waals surface area contributed by atoms with Gasteiger partial charge in [-0.05, 0) is 39.3 Å². The lowest BCUT2D eigenvalue weighted by Crippen LogP contribution is -2.15. The molecule has 0 radical (unpaired) electrons. The van der Waals surface area contributed by atoms with Gasteiger partial charge in [-0.3, -0.25) is 9.36 Å². The maximum atomic E-state index is 12.5. The number of carbonyl (C=O) groups is 2. The number of amides is 1. The van der Waals surface area contributed by atoms with E-state index in [-0.39, 0.29) is 24.9 Å². The molecular weight excluding hydrogens is 474 g/mol. The molecule has 0 aliphatic heterocycles. The first-order valence-corrected chi connectivity index (χ1v) is 12.4.